The third-order valence-electron chi connectivity index (χ3n) is 12.5. The summed E-state index contributed by atoms with van der Waals surface area (Å²) in [6.07, 6.45) is 0. The fraction of sp³-hybridized carbons (Fsp3) is 0.0545. The maximum Gasteiger partial charge on any atom is 0.128 e. The maximum atomic E-state index is 2.57. The van der Waals surface area contributed by atoms with Crippen LogP contribution in [0.1, 0.15) is 0 Å². The number of fused-ring (bicyclic) bond motifs is 8. The molecule has 0 aliphatic carbocycles. The van der Waals surface area contributed by atoms with Gasteiger partial charge in [-0.3, -0.25) is 0 Å². The molecule has 11 rings (SSSR count). The Morgan fingerprint density at radius 2 is 0.644 bits per heavy atom. The van der Waals surface area contributed by atoms with Gasteiger partial charge in [0.25, 0.3) is 0 Å². The van der Waals surface area contributed by atoms with E-state index < -0.39 is 15.2 Å². The van der Waals surface area contributed by atoms with E-state index in [1.807, 2.05) is 0 Å². The summed E-state index contributed by atoms with van der Waals surface area (Å²) in [5.41, 5.74) is 4.94. The van der Waals surface area contributed by atoms with E-state index in [0.29, 0.717) is 0 Å². The fourth-order valence-electron chi connectivity index (χ4n) is 9.39. The van der Waals surface area contributed by atoms with Crippen molar-refractivity contribution in [3.63, 3.8) is 0 Å². The van der Waals surface area contributed by atoms with Gasteiger partial charge < -0.3 is 9.80 Å². The molecule has 0 saturated heterocycles. The minimum atomic E-state index is -2.40. The highest BCUT2D eigenvalue weighted by atomic mass is 31.2. The lowest BCUT2D eigenvalue weighted by molar-refractivity contribution is 1.23. The van der Waals surface area contributed by atoms with Crippen LogP contribution in [0, 0.1) is 0 Å². The Hall–Kier alpha value is -6.30. The second-order valence-corrected chi connectivity index (χ2v) is 21.5. The standard InChI is InChI=1S/C55H43N2P2/c1-56-48-30-38-18-10-14-22-42(38)34-52(48)58(46-26-6-4-7-27-46)53-35-43-23-15-11-19-39(43)31-49(53)57(2)51-33-41-21-13-17-25-45(41)37-55(51)59(3,47-28-8-5-9-29-47)54-36-44-24-16-12-20-40(44)32-50(54)56/h4-37H,1-3H3/q+1. The van der Waals surface area contributed by atoms with E-state index in [0.717, 1.165) is 0 Å². The summed E-state index contributed by atoms with van der Waals surface area (Å²) in [6, 6.07) is 78.1. The number of rotatable bonds is 2. The number of nitrogens with zero attached hydrogens (tertiary/aromatic N) is 2. The lowest BCUT2D eigenvalue weighted by Gasteiger charge is -2.36. The number of benzene rings is 10. The molecule has 1 aliphatic rings. The Morgan fingerprint density at radius 1 is 0.339 bits per heavy atom. The van der Waals surface area contributed by atoms with Crippen molar-refractivity contribution in [3.05, 3.63) is 206 Å². The predicted octanol–water partition coefficient (Wildman–Crippen LogP) is 11.8. The Balaban J connectivity index is 1.37. The van der Waals surface area contributed by atoms with Crippen molar-refractivity contribution in [2.24, 2.45) is 0 Å². The van der Waals surface area contributed by atoms with Gasteiger partial charge in [0, 0.05) is 36.1 Å². The monoisotopic (exact) mass is 793 g/mol. The Labute approximate surface area is 348 Å². The van der Waals surface area contributed by atoms with Gasteiger partial charge in [0.05, 0.1) is 18.0 Å². The molecule has 10 aromatic rings. The molecule has 59 heavy (non-hydrogen) atoms. The molecular weight excluding hydrogens is 751 g/mol. The molecule has 282 valence electrons. The summed E-state index contributed by atoms with van der Waals surface area (Å²) >= 11 is 0. The second-order valence-electron chi connectivity index (χ2n) is 15.9. The van der Waals surface area contributed by atoms with Crippen molar-refractivity contribution < 1.29 is 0 Å². The highest BCUT2D eigenvalue weighted by molar-refractivity contribution is 7.95. The van der Waals surface area contributed by atoms with E-state index in [1.54, 1.807) is 0 Å². The van der Waals surface area contributed by atoms with Crippen LogP contribution in [-0.2, 0) is 0 Å². The first-order valence-corrected chi connectivity index (χ1v) is 23.9. The van der Waals surface area contributed by atoms with E-state index in [-0.39, 0.29) is 0 Å². The lowest BCUT2D eigenvalue weighted by atomic mass is 10.1. The summed E-state index contributed by atoms with van der Waals surface area (Å²) < 4.78 is 0. The van der Waals surface area contributed by atoms with Crippen LogP contribution in [0.15, 0.2) is 206 Å². The van der Waals surface area contributed by atoms with Crippen molar-refractivity contribution in [2.75, 3.05) is 30.6 Å². The minimum Gasteiger partial charge on any atom is -0.341 e. The van der Waals surface area contributed by atoms with Gasteiger partial charge in [-0.25, -0.2) is 0 Å². The summed E-state index contributed by atoms with van der Waals surface area (Å²) in [7, 11) is 1.15. The van der Waals surface area contributed by atoms with Crippen LogP contribution in [0.2, 0.25) is 0 Å². The lowest BCUT2D eigenvalue weighted by Crippen LogP contribution is -2.38. The smallest absolute Gasteiger partial charge is 0.128 e. The van der Waals surface area contributed by atoms with E-state index in [4.69, 9.17) is 0 Å². The third kappa shape index (κ3) is 5.85. The highest BCUT2D eigenvalue weighted by Crippen LogP contribution is 2.58. The first-order valence-electron chi connectivity index (χ1n) is 20.3. The quantitative estimate of drug-likeness (QED) is 0.161. The van der Waals surface area contributed by atoms with Gasteiger partial charge in [-0.2, -0.15) is 0 Å². The molecule has 1 heterocycles. The number of hydrogen-bond donors (Lipinski definition) is 0. The van der Waals surface area contributed by atoms with Crippen molar-refractivity contribution in [1.29, 1.82) is 0 Å². The summed E-state index contributed by atoms with van der Waals surface area (Å²) in [5.74, 6) is 0. The molecule has 0 unspecified atom stereocenters. The molecule has 0 atom stereocenters. The van der Waals surface area contributed by atoms with Crippen LogP contribution in [0.3, 0.4) is 0 Å². The van der Waals surface area contributed by atoms with Gasteiger partial charge in [-0.15, -0.1) is 0 Å². The molecule has 0 amide bonds. The molecule has 0 N–H and O–H groups in total. The van der Waals surface area contributed by atoms with Crippen molar-refractivity contribution in [2.45, 2.75) is 0 Å². The van der Waals surface area contributed by atoms with Crippen LogP contribution in [0.25, 0.3) is 43.1 Å². The normalized spacial score (nSPS) is 16.6. The number of anilines is 4. The SMILES string of the molecule is CN1c2cc3ccccc3cc2P(c2ccccc2)c2cc3ccccc3cc2N(C)c2cc3ccccc3cc2[P+](C)(c2ccccc2)c2cc3ccccc3cc21. The van der Waals surface area contributed by atoms with Crippen LogP contribution >= 0.6 is 15.2 Å². The van der Waals surface area contributed by atoms with E-state index >= 15 is 0 Å². The van der Waals surface area contributed by atoms with Crippen molar-refractivity contribution >= 4 is 113 Å². The molecule has 0 saturated carbocycles. The Morgan fingerprint density at radius 3 is 1.03 bits per heavy atom. The van der Waals surface area contributed by atoms with Crippen molar-refractivity contribution in [3.8, 4) is 0 Å². The largest absolute Gasteiger partial charge is 0.341 e. The van der Waals surface area contributed by atoms with Crippen LogP contribution in [0.5, 0.6) is 0 Å². The van der Waals surface area contributed by atoms with E-state index in [1.165, 1.54) is 97.7 Å². The molecule has 10 aromatic carbocycles. The first kappa shape index (κ1) is 35.8. The van der Waals surface area contributed by atoms with Gasteiger partial charge in [0.1, 0.15) is 23.2 Å². The Kier molecular flexibility index (Phi) is 8.63. The highest BCUT2D eigenvalue weighted by Gasteiger charge is 2.46. The molecular formula is C55H43N2P2+. The van der Waals surface area contributed by atoms with Gasteiger partial charge >= 0.3 is 0 Å². The maximum absolute atomic E-state index is 2.57. The Bertz CT molecular complexity index is 3060. The molecule has 1 aliphatic heterocycles. The average Bonchev–Trinajstić information content (AvgIpc) is 3.30. The minimum absolute atomic E-state index is 1.08. The van der Waals surface area contributed by atoms with Gasteiger partial charge in [0.2, 0.25) is 0 Å². The molecule has 0 aromatic heterocycles. The van der Waals surface area contributed by atoms with E-state index in [9.17, 15) is 0 Å². The van der Waals surface area contributed by atoms with Crippen LogP contribution < -0.4 is 41.6 Å². The number of hydrogen-bond acceptors (Lipinski definition) is 2. The fourth-order valence-corrected chi connectivity index (χ4v) is 15.8. The zero-order valence-corrected chi connectivity index (χ0v) is 35.2. The average molecular weight is 794 g/mol. The topological polar surface area (TPSA) is 6.48 Å². The predicted molar refractivity (Wildman–Crippen MR) is 262 cm³/mol. The molecule has 4 heteroatoms. The van der Waals surface area contributed by atoms with Crippen molar-refractivity contribution in [1.82, 2.24) is 0 Å². The van der Waals surface area contributed by atoms with Crippen LogP contribution in [0.4, 0.5) is 22.7 Å². The first-order chi connectivity index (χ1) is 29.0. The third-order valence-corrected chi connectivity index (χ3v) is 19.0. The molecule has 2 nitrogen and oxygen atoms in total. The summed E-state index contributed by atoms with van der Waals surface area (Å²) in [6.45, 7) is 2.57. The van der Waals surface area contributed by atoms with Gasteiger partial charge in [-0.05, 0) is 117 Å². The molecule has 0 bridgehead atoms. The summed E-state index contributed by atoms with van der Waals surface area (Å²) in [5, 5.41) is 18.1. The molecule has 0 radical (unpaired) electrons. The second kappa shape index (κ2) is 14.2. The molecule has 0 fully saturated rings. The zero-order chi connectivity index (χ0) is 39.7. The van der Waals surface area contributed by atoms with Crippen LogP contribution in [-0.4, -0.2) is 20.8 Å². The van der Waals surface area contributed by atoms with Gasteiger partial charge in [0.15, 0.2) is 0 Å². The van der Waals surface area contributed by atoms with E-state index in [2.05, 4.69) is 237 Å². The summed E-state index contributed by atoms with van der Waals surface area (Å²) in [4.78, 5) is 5.07. The molecule has 0 spiro atoms. The van der Waals surface area contributed by atoms with Gasteiger partial charge in [-0.1, -0.05) is 146 Å². The zero-order valence-electron chi connectivity index (χ0n) is 33.4.